The smallest absolute Gasteiger partial charge is 0.173 e. The fraction of sp³-hybridized carbons (Fsp3) is 0.571. The number of aliphatic hydroxyl groups is 4. The van der Waals surface area contributed by atoms with Gasteiger partial charge in [-0.05, 0) is 36.7 Å². The number of phenolic OH excluding ortho intramolecular Hbond substituents is 2. The van der Waals surface area contributed by atoms with Gasteiger partial charge in [-0.3, -0.25) is 0 Å². The van der Waals surface area contributed by atoms with Crippen LogP contribution in [-0.4, -0.2) is 74.4 Å². The molecule has 2 rings (SSSR count). The van der Waals surface area contributed by atoms with Crippen molar-refractivity contribution in [3.05, 3.63) is 23.8 Å². The Bertz CT molecular complexity index is 498. The second-order valence-corrected chi connectivity index (χ2v) is 5.27. The van der Waals surface area contributed by atoms with Crippen LogP contribution in [0.15, 0.2) is 18.2 Å². The van der Waals surface area contributed by atoms with E-state index in [1.807, 2.05) is 0 Å². The van der Waals surface area contributed by atoms with Crippen molar-refractivity contribution >= 4 is 0 Å². The van der Waals surface area contributed by atoms with E-state index < -0.39 is 37.3 Å². The summed E-state index contributed by atoms with van der Waals surface area (Å²) in [5.41, 5.74) is 0.502. The summed E-state index contributed by atoms with van der Waals surface area (Å²) >= 11 is 0. The zero-order chi connectivity index (χ0) is 16.3. The molecule has 1 unspecified atom stereocenters. The molecule has 1 aliphatic rings. The molecular weight excluding hydrogens is 294 g/mol. The lowest BCUT2D eigenvalue weighted by Crippen LogP contribution is -2.63. The van der Waals surface area contributed by atoms with E-state index in [-0.39, 0.29) is 18.0 Å². The summed E-state index contributed by atoms with van der Waals surface area (Å²) in [5, 5.41) is 60.4. The molecule has 1 aromatic rings. The Morgan fingerprint density at radius 1 is 1.09 bits per heavy atom. The fourth-order valence-corrected chi connectivity index (χ4v) is 2.46. The van der Waals surface area contributed by atoms with Crippen LogP contribution in [0.5, 0.6) is 11.5 Å². The number of aromatic hydroxyl groups is 2. The van der Waals surface area contributed by atoms with Crippen molar-refractivity contribution in [2.75, 3.05) is 13.2 Å². The number of hydrogen-bond acceptors (Lipinski definition) is 8. The second kappa shape index (κ2) is 7.23. The van der Waals surface area contributed by atoms with Gasteiger partial charge in [0.05, 0.1) is 12.6 Å². The first kappa shape index (κ1) is 16.9. The molecule has 8 nitrogen and oxygen atoms in total. The van der Waals surface area contributed by atoms with Gasteiger partial charge in [0.2, 0.25) is 0 Å². The molecule has 0 spiro atoms. The van der Waals surface area contributed by atoms with Crippen LogP contribution in [0.2, 0.25) is 0 Å². The van der Waals surface area contributed by atoms with Crippen molar-refractivity contribution in [1.29, 1.82) is 0 Å². The van der Waals surface area contributed by atoms with Crippen LogP contribution in [0, 0.1) is 0 Å². The molecule has 0 aliphatic carbocycles. The zero-order valence-corrected chi connectivity index (χ0v) is 11.8. The third-order valence-corrected chi connectivity index (χ3v) is 3.74. The number of phenols is 2. The highest BCUT2D eigenvalue weighted by Crippen LogP contribution is 2.23. The minimum Gasteiger partial charge on any atom is -0.508 e. The molecule has 0 aromatic heterocycles. The van der Waals surface area contributed by atoms with Gasteiger partial charge < -0.3 is 40.7 Å². The van der Waals surface area contributed by atoms with Gasteiger partial charge in [0, 0.05) is 0 Å². The topological polar surface area (TPSA) is 143 Å². The van der Waals surface area contributed by atoms with Crippen molar-refractivity contribution in [2.45, 2.75) is 37.1 Å². The first-order valence-corrected chi connectivity index (χ1v) is 6.98. The van der Waals surface area contributed by atoms with Crippen LogP contribution in [0.25, 0.3) is 0 Å². The Labute approximate surface area is 127 Å². The molecule has 0 saturated carbocycles. The Morgan fingerprint density at radius 2 is 1.82 bits per heavy atom. The van der Waals surface area contributed by atoms with Gasteiger partial charge in [-0.15, -0.1) is 0 Å². The molecule has 1 aromatic carbocycles. The van der Waals surface area contributed by atoms with Crippen LogP contribution in [-0.2, 0) is 11.2 Å². The summed E-state index contributed by atoms with van der Waals surface area (Å²) in [6.07, 6.45) is -4.72. The Hall–Kier alpha value is -1.42. The van der Waals surface area contributed by atoms with Gasteiger partial charge >= 0.3 is 0 Å². The standard InChI is InChI=1S/C14H21NO7/c16-6-10-12(19)13(20)11(14(21)22-10)15-4-3-7-5-8(17)1-2-9(7)18/h1-2,5,10-21H,3-4,6H2/t10-,11+,12-,13-,14?/m1/s1. The number of hydrogen-bond donors (Lipinski definition) is 7. The average molecular weight is 315 g/mol. The van der Waals surface area contributed by atoms with Crippen molar-refractivity contribution in [3.63, 3.8) is 0 Å². The molecule has 1 saturated heterocycles. The van der Waals surface area contributed by atoms with E-state index in [4.69, 9.17) is 9.84 Å². The maximum atomic E-state index is 9.95. The van der Waals surface area contributed by atoms with Crippen LogP contribution >= 0.6 is 0 Å². The highest BCUT2D eigenvalue weighted by Gasteiger charge is 2.43. The maximum Gasteiger partial charge on any atom is 0.173 e. The lowest BCUT2D eigenvalue weighted by Gasteiger charge is -2.40. The first-order valence-electron chi connectivity index (χ1n) is 6.98. The number of ether oxygens (including phenoxy) is 1. The van der Waals surface area contributed by atoms with Gasteiger partial charge in [-0.2, -0.15) is 0 Å². The highest BCUT2D eigenvalue weighted by atomic mass is 16.6. The average Bonchev–Trinajstić information content (AvgIpc) is 2.49. The van der Waals surface area contributed by atoms with E-state index in [1.165, 1.54) is 18.2 Å². The molecule has 5 atom stereocenters. The predicted molar refractivity (Wildman–Crippen MR) is 75.2 cm³/mol. The normalized spacial score (nSPS) is 32.1. The van der Waals surface area contributed by atoms with E-state index in [1.54, 1.807) is 0 Å². The highest BCUT2D eigenvalue weighted by molar-refractivity contribution is 5.38. The SMILES string of the molecule is OC[C@H]1OC(O)[C@@H](NCCc2cc(O)ccc2O)[C@@H](O)[C@@H]1O. The molecule has 0 radical (unpaired) electrons. The van der Waals surface area contributed by atoms with E-state index in [0.717, 1.165) is 0 Å². The zero-order valence-electron chi connectivity index (χ0n) is 11.8. The van der Waals surface area contributed by atoms with Crippen LogP contribution < -0.4 is 5.32 Å². The molecule has 22 heavy (non-hydrogen) atoms. The Morgan fingerprint density at radius 3 is 2.50 bits per heavy atom. The molecule has 1 fully saturated rings. The molecule has 124 valence electrons. The van der Waals surface area contributed by atoms with E-state index in [0.29, 0.717) is 12.0 Å². The van der Waals surface area contributed by atoms with Gasteiger partial charge in [0.15, 0.2) is 6.29 Å². The lowest BCUT2D eigenvalue weighted by molar-refractivity contribution is -0.254. The quantitative estimate of drug-likeness (QED) is 0.310. The number of nitrogens with one attached hydrogen (secondary N) is 1. The maximum absolute atomic E-state index is 9.95. The molecule has 1 heterocycles. The third kappa shape index (κ3) is 3.67. The van der Waals surface area contributed by atoms with E-state index in [9.17, 15) is 25.5 Å². The molecule has 1 aliphatic heterocycles. The van der Waals surface area contributed by atoms with E-state index >= 15 is 0 Å². The Kier molecular flexibility index (Phi) is 5.57. The lowest BCUT2D eigenvalue weighted by atomic mass is 9.97. The summed E-state index contributed by atoms with van der Waals surface area (Å²) in [5.74, 6) is 0.0519. The van der Waals surface area contributed by atoms with Crippen LogP contribution in [0.3, 0.4) is 0 Å². The molecule has 0 amide bonds. The van der Waals surface area contributed by atoms with Crippen molar-refractivity contribution in [2.24, 2.45) is 0 Å². The molecule has 0 bridgehead atoms. The summed E-state index contributed by atoms with van der Waals surface area (Å²) in [6.45, 7) is -0.255. The van der Waals surface area contributed by atoms with Crippen molar-refractivity contribution in [3.8, 4) is 11.5 Å². The Balaban J connectivity index is 1.92. The summed E-state index contributed by atoms with van der Waals surface area (Å²) in [6, 6.07) is 3.21. The fourth-order valence-electron chi connectivity index (χ4n) is 2.46. The van der Waals surface area contributed by atoms with Gasteiger partial charge in [-0.25, -0.2) is 0 Å². The summed E-state index contributed by atoms with van der Waals surface area (Å²) in [7, 11) is 0. The molecular formula is C14H21NO7. The number of rotatable bonds is 5. The molecule has 7 N–H and O–H groups in total. The van der Waals surface area contributed by atoms with E-state index in [2.05, 4.69) is 5.32 Å². The summed E-state index contributed by atoms with van der Waals surface area (Å²) in [4.78, 5) is 0. The monoisotopic (exact) mass is 315 g/mol. The third-order valence-electron chi connectivity index (χ3n) is 3.74. The van der Waals surface area contributed by atoms with Crippen LogP contribution in [0.1, 0.15) is 5.56 Å². The van der Waals surface area contributed by atoms with Gasteiger partial charge in [-0.1, -0.05) is 0 Å². The number of benzene rings is 1. The second-order valence-electron chi connectivity index (χ2n) is 5.27. The van der Waals surface area contributed by atoms with Crippen molar-refractivity contribution in [1.82, 2.24) is 5.32 Å². The minimum atomic E-state index is -1.38. The molecule has 8 heteroatoms. The predicted octanol–water partition coefficient (Wildman–Crippen LogP) is -1.97. The van der Waals surface area contributed by atoms with Gasteiger partial charge in [0.1, 0.15) is 29.8 Å². The number of aliphatic hydroxyl groups excluding tert-OH is 4. The van der Waals surface area contributed by atoms with Gasteiger partial charge in [0.25, 0.3) is 0 Å². The largest absolute Gasteiger partial charge is 0.508 e. The summed E-state index contributed by atoms with van der Waals surface area (Å²) < 4.78 is 5.02. The van der Waals surface area contributed by atoms with Crippen molar-refractivity contribution < 1.29 is 35.4 Å². The first-order chi connectivity index (χ1) is 10.4. The minimum absolute atomic E-state index is 0.0232. The van der Waals surface area contributed by atoms with Crippen LogP contribution in [0.4, 0.5) is 0 Å².